The van der Waals surface area contributed by atoms with E-state index >= 15 is 0 Å². The first-order valence-corrected chi connectivity index (χ1v) is 11.3. The lowest BCUT2D eigenvalue weighted by atomic mass is 10.1. The number of sulfonamides is 1. The van der Waals surface area contributed by atoms with Crippen LogP contribution in [0.4, 0.5) is 0 Å². The Morgan fingerprint density at radius 2 is 1.52 bits per heavy atom. The molecule has 0 aliphatic carbocycles. The van der Waals surface area contributed by atoms with Crippen molar-refractivity contribution in [2.45, 2.75) is 18.0 Å². The molecule has 1 amide bonds. The molecule has 5 nitrogen and oxygen atoms in total. The minimum atomic E-state index is -3.60. The Balaban J connectivity index is 1.61. The first-order chi connectivity index (χ1) is 13.8. The predicted octanol–water partition coefficient (Wildman–Crippen LogP) is 4.20. The summed E-state index contributed by atoms with van der Waals surface area (Å²) in [5.74, 6) is -0.0872. The molecule has 0 aliphatic rings. The molecule has 0 saturated heterocycles. The Morgan fingerprint density at radius 3 is 2.14 bits per heavy atom. The Labute approximate surface area is 179 Å². The van der Waals surface area contributed by atoms with Crippen LogP contribution in [0.25, 0.3) is 0 Å². The quantitative estimate of drug-likeness (QED) is 0.560. The van der Waals surface area contributed by atoms with E-state index < -0.39 is 10.0 Å². The lowest BCUT2D eigenvalue weighted by Gasteiger charge is -2.17. The summed E-state index contributed by atoms with van der Waals surface area (Å²) in [4.78, 5) is 14.5. The van der Waals surface area contributed by atoms with Gasteiger partial charge in [0.25, 0.3) is 5.91 Å². The minimum Gasteiger partial charge on any atom is -0.337 e. The van der Waals surface area contributed by atoms with Crippen LogP contribution in [-0.4, -0.2) is 26.3 Å². The summed E-state index contributed by atoms with van der Waals surface area (Å²) in [6, 6.07) is 23.2. The van der Waals surface area contributed by atoms with Crippen molar-refractivity contribution in [1.82, 2.24) is 9.62 Å². The molecule has 0 atom stereocenters. The fourth-order valence-electron chi connectivity index (χ4n) is 2.79. The van der Waals surface area contributed by atoms with Crippen LogP contribution >= 0.6 is 15.9 Å². The molecule has 0 radical (unpaired) electrons. The Bertz CT molecular complexity index is 1070. The lowest BCUT2D eigenvalue weighted by molar-refractivity contribution is 0.0785. The highest BCUT2D eigenvalue weighted by Gasteiger charge is 2.15. The zero-order chi connectivity index (χ0) is 20.9. The third-order valence-corrected chi connectivity index (χ3v) is 6.35. The molecule has 0 bridgehead atoms. The van der Waals surface area contributed by atoms with Crippen molar-refractivity contribution in [1.29, 1.82) is 0 Å². The first-order valence-electron chi connectivity index (χ1n) is 8.99. The van der Waals surface area contributed by atoms with Gasteiger partial charge in [-0.05, 0) is 47.5 Å². The molecule has 0 aromatic heterocycles. The molecule has 1 N–H and O–H groups in total. The number of hydrogen-bond donors (Lipinski definition) is 1. The number of hydrogen-bond acceptors (Lipinski definition) is 3. The van der Waals surface area contributed by atoms with E-state index in [1.807, 2.05) is 30.3 Å². The van der Waals surface area contributed by atoms with Gasteiger partial charge in [0.05, 0.1) is 4.90 Å². The van der Waals surface area contributed by atoms with Crippen molar-refractivity contribution in [3.05, 3.63) is 100 Å². The number of nitrogens with one attached hydrogen (secondary N) is 1. The van der Waals surface area contributed by atoms with E-state index in [2.05, 4.69) is 20.7 Å². The summed E-state index contributed by atoms with van der Waals surface area (Å²) in [7, 11) is -1.84. The fraction of sp³-hybridized carbons (Fsp3) is 0.136. The Hall–Kier alpha value is -2.48. The second-order valence-corrected chi connectivity index (χ2v) is 9.30. The molecular formula is C22H21BrN2O3S. The molecule has 7 heteroatoms. The maximum Gasteiger partial charge on any atom is 0.253 e. The zero-order valence-corrected chi connectivity index (χ0v) is 18.3. The average molecular weight is 473 g/mol. The smallest absolute Gasteiger partial charge is 0.253 e. The van der Waals surface area contributed by atoms with E-state index in [4.69, 9.17) is 0 Å². The van der Waals surface area contributed by atoms with Crippen LogP contribution in [0.5, 0.6) is 0 Å². The number of carbonyl (C=O) groups is 1. The number of halogens is 1. The molecule has 150 valence electrons. The van der Waals surface area contributed by atoms with Gasteiger partial charge in [0.1, 0.15) is 0 Å². The SMILES string of the molecule is CN(Cc1ccccc1)C(=O)c1ccc(CNS(=O)(=O)c2ccc(Br)cc2)cc1. The van der Waals surface area contributed by atoms with Crippen molar-refractivity contribution >= 4 is 31.9 Å². The second kappa shape index (κ2) is 9.35. The molecule has 0 aliphatic heterocycles. The van der Waals surface area contributed by atoms with Gasteiger partial charge in [-0.3, -0.25) is 4.79 Å². The lowest BCUT2D eigenvalue weighted by Crippen LogP contribution is -2.26. The standard InChI is InChI=1S/C22H21BrN2O3S/c1-25(16-18-5-3-2-4-6-18)22(26)19-9-7-17(8-10-19)15-24-29(27,28)21-13-11-20(23)12-14-21/h2-14,24H,15-16H2,1H3. The van der Waals surface area contributed by atoms with Gasteiger partial charge in [0, 0.05) is 30.2 Å². The van der Waals surface area contributed by atoms with Crippen LogP contribution in [0, 0.1) is 0 Å². The molecule has 0 spiro atoms. The van der Waals surface area contributed by atoms with E-state index in [1.165, 1.54) is 12.1 Å². The maximum atomic E-state index is 12.6. The third-order valence-electron chi connectivity index (χ3n) is 4.40. The van der Waals surface area contributed by atoms with Gasteiger partial charge < -0.3 is 4.90 Å². The van der Waals surface area contributed by atoms with E-state index in [9.17, 15) is 13.2 Å². The highest BCUT2D eigenvalue weighted by Crippen LogP contribution is 2.15. The van der Waals surface area contributed by atoms with Crippen LogP contribution in [-0.2, 0) is 23.1 Å². The van der Waals surface area contributed by atoms with Crippen molar-refractivity contribution in [2.75, 3.05) is 7.05 Å². The average Bonchev–Trinajstić information content (AvgIpc) is 2.73. The van der Waals surface area contributed by atoms with Gasteiger partial charge >= 0.3 is 0 Å². The monoisotopic (exact) mass is 472 g/mol. The van der Waals surface area contributed by atoms with Crippen molar-refractivity contribution in [3.63, 3.8) is 0 Å². The van der Waals surface area contributed by atoms with Gasteiger partial charge in [-0.1, -0.05) is 58.4 Å². The summed E-state index contributed by atoms with van der Waals surface area (Å²) in [5, 5.41) is 0. The van der Waals surface area contributed by atoms with Gasteiger partial charge in [0.2, 0.25) is 10.0 Å². The number of amides is 1. The zero-order valence-electron chi connectivity index (χ0n) is 15.9. The third kappa shape index (κ3) is 5.76. The van der Waals surface area contributed by atoms with E-state index in [0.717, 1.165) is 15.6 Å². The molecular weight excluding hydrogens is 452 g/mol. The number of rotatable bonds is 7. The minimum absolute atomic E-state index is 0.0872. The summed E-state index contributed by atoms with van der Waals surface area (Å²) < 4.78 is 28.1. The number of nitrogens with zero attached hydrogens (tertiary/aromatic N) is 1. The molecule has 3 rings (SSSR count). The van der Waals surface area contributed by atoms with Gasteiger partial charge in [0.15, 0.2) is 0 Å². The van der Waals surface area contributed by atoms with Gasteiger partial charge in [-0.25, -0.2) is 13.1 Å². The number of benzene rings is 3. The van der Waals surface area contributed by atoms with Crippen LogP contribution in [0.15, 0.2) is 88.2 Å². The summed E-state index contributed by atoms with van der Waals surface area (Å²) in [6.45, 7) is 0.668. The molecule has 0 heterocycles. The van der Waals surface area contributed by atoms with Crippen molar-refractivity contribution in [3.8, 4) is 0 Å². The topological polar surface area (TPSA) is 66.5 Å². The summed E-state index contributed by atoms with van der Waals surface area (Å²) in [6.07, 6.45) is 0. The van der Waals surface area contributed by atoms with Crippen LogP contribution in [0.2, 0.25) is 0 Å². The maximum absolute atomic E-state index is 12.6. The van der Waals surface area contributed by atoms with E-state index in [-0.39, 0.29) is 17.3 Å². The van der Waals surface area contributed by atoms with Gasteiger partial charge in [-0.2, -0.15) is 0 Å². The molecule has 0 unspecified atom stereocenters. The molecule has 29 heavy (non-hydrogen) atoms. The van der Waals surface area contributed by atoms with E-state index in [1.54, 1.807) is 48.3 Å². The van der Waals surface area contributed by atoms with Crippen LogP contribution in [0.3, 0.4) is 0 Å². The van der Waals surface area contributed by atoms with Gasteiger partial charge in [-0.15, -0.1) is 0 Å². The highest BCUT2D eigenvalue weighted by molar-refractivity contribution is 9.10. The molecule has 3 aromatic rings. The normalized spacial score (nSPS) is 11.2. The van der Waals surface area contributed by atoms with E-state index in [0.29, 0.717) is 12.1 Å². The van der Waals surface area contributed by atoms with Crippen molar-refractivity contribution in [2.24, 2.45) is 0 Å². The fourth-order valence-corrected chi connectivity index (χ4v) is 4.07. The summed E-state index contributed by atoms with van der Waals surface area (Å²) >= 11 is 3.29. The highest BCUT2D eigenvalue weighted by atomic mass is 79.9. The first kappa shape index (κ1) is 21.2. The Kier molecular flexibility index (Phi) is 6.84. The Morgan fingerprint density at radius 1 is 0.897 bits per heavy atom. The predicted molar refractivity (Wildman–Crippen MR) is 117 cm³/mol. The van der Waals surface area contributed by atoms with Crippen LogP contribution in [0.1, 0.15) is 21.5 Å². The number of carbonyl (C=O) groups excluding carboxylic acids is 1. The van der Waals surface area contributed by atoms with Crippen molar-refractivity contribution < 1.29 is 13.2 Å². The molecule has 3 aromatic carbocycles. The second-order valence-electron chi connectivity index (χ2n) is 6.62. The summed E-state index contributed by atoms with van der Waals surface area (Å²) in [5.41, 5.74) is 2.39. The van der Waals surface area contributed by atoms with Crippen LogP contribution < -0.4 is 4.72 Å². The largest absolute Gasteiger partial charge is 0.337 e. The molecule has 0 saturated carbocycles. The molecule has 0 fully saturated rings.